The molecular weight excluding hydrogens is 274 g/mol. The van der Waals surface area contributed by atoms with E-state index in [-0.39, 0.29) is 0 Å². The van der Waals surface area contributed by atoms with Crippen LogP contribution in [0.2, 0.25) is 0 Å². The SMILES string of the molecule is CCCc1cc(CCl)cc(Oc2cnn(C(C)C)c2)n1. The molecule has 0 fully saturated rings. The summed E-state index contributed by atoms with van der Waals surface area (Å²) in [6.45, 7) is 6.27. The maximum Gasteiger partial charge on any atom is 0.219 e. The summed E-state index contributed by atoms with van der Waals surface area (Å²) in [6.07, 6.45) is 5.55. The lowest BCUT2D eigenvalue weighted by Gasteiger charge is -2.07. The van der Waals surface area contributed by atoms with Gasteiger partial charge in [0.1, 0.15) is 0 Å². The van der Waals surface area contributed by atoms with Gasteiger partial charge in [0.15, 0.2) is 5.75 Å². The van der Waals surface area contributed by atoms with E-state index in [1.807, 2.05) is 23.0 Å². The summed E-state index contributed by atoms with van der Waals surface area (Å²) in [5.74, 6) is 1.73. The molecule has 2 rings (SSSR count). The summed E-state index contributed by atoms with van der Waals surface area (Å²) < 4.78 is 7.64. The van der Waals surface area contributed by atoms with Gasteiger partial charge in [0, 0.05) is 23.7 Å². The van der Waals surface area contributed by atoms with Crippen LogP contribution in [0.4, 0.5) is 0 Å². The normalized spacial score (nSPS) is 11.1. The van der Waals surface area contributed by atoms with Gasteiger partial charge >= 0.3 is 0 Å². The summed E-state index contributed by atoms with van der Waals surface area (Å²) in [4.78, 5) is 4.50. The average Bonchev–Trinajstić information content (AvgIpc) is 2.87. The second kappa shape index (κ2) is 6.75. The van der Waals surface area contributed by atoms with Crippen molar-refractivity contribution < 1.29 is 4.74 Å². The standard InChI is InChI=1S/C15H20ClN3O/c1-4-5-13-6-12(8-16)7-15(18-13)20-14-9-17-19(10-14)11(2)3/h6-7,9-11H,4-5,8H2,1-3H3. The van der Waals surface area contributed by atoms with Crippen LogP contribution in [-0.2, 0) is 12.3 Å². The average molecular weight is 294 g/mol. The van der Waals surface area contributed by atoms with Crippen LogP contribution in [0.3, 0.4) is 0 Å². The number of aryl methyl sites for hydroxylation is 1. The first-order valence-electron chi connectivity index (χ1n) is 6.90. The first-order chi connectivity index (χ1) is 9.62. The molecule has 0 bridgehead atoms. The Morgan fingerprint density at radius 3 is 2.75 bits per heavy atom. The van der Waals surface area contributed by atoms with Crippen molar-refractivity contribution in [3.63, 3.8) is 0 Å². The molecule has 0 aliphatic carbocycles. The van der Waals surface area contributed by atoms with E-state index in [0.29, 0.717) is 23.6 Å². The topological polar surface area (TPSA) is 39.9 Å². The van der Waals surface area contributed by atoms with E-state index in [4.69, 9.17) is 16.3 Å². The van der Waals surface area contributed by atoms with Crippen molar-refractivity contribution >= 4 is 11.6 Å². The molecule has 0 saturated carbocycles. The number of nitrogens with zero attached hydrogens (tertiary/aromatic N) is 3. The molecule has 2 heterocycles. The number of hydrogen-bond donors (Lipinski definition) is 0. The van der Waals surface area contributed by atoms with Gasteiger partial charge in [0.05, 0.1) is 12.4 Å². The summed E-state index contributed by atoms with van der Waals surface area (Å²) in [6, 6.07) is 4.21. The lowest BCUT2D eigenvalue weighted by Crippen LogP contribution is -1.99. The third-order valence-electron chi connectivity index (χ3n) is 2.90. The summed E-state index contributed by atoms with van der Waals surface area (Å²) in [5, 5.41) is 4.25. The lowest BCUT2D eigenvalue weighted by atomic mass is 10.2. The zero-order valence-corrected chi connectivity index (χ0v) is 12.9. The molecular formula is C15H20ClN3O. The first-order valence-corrected chi connectivity index (χ1v) is 7.43. The van der Waals surface area contributed by atoms with Crippen LogP contribution in [0.25, 0.3) is 0 Å². The van der Waals surface area contributed by atoms with Gasteiger partial charge in [0.2, 0.25) is 5.88 Å². The second-order valence-corrected chi connectivity index (χ2v) is 5.31. The monoisotopic (exact) mass is 293 g/mol. The summed E-state index contributed by atoms with van der Waals surface area (Å²) >= 11 is 5.92. The van der Waals surface area contributed by atoms with Crippen LogP contribution in [-0.4, -0.2) is 14.8 Å². The van der Waals surface area contributed by atoms with Crippen LogP contribution >= 0.6 is 11.6 Å². The first kappa shape index (κ1) is 14.9. The molecule has 0 radical (unpaired) electrons. The van der Waals surface area contributed by atoms with Gasteiger partial charge in [-0.15, -0.1) is 11.6 Å². The number of alkyl halides is 1. The zero-order chi connectivity index (χ0) is 14.5. The number of halogens is 1. The Bertz CT molecular complexity index is 566. The fraction of sp³-hybridized carbons (Fsp3) is 0.467. The van der Waals surface area contributed by atoms with E-state index < -0.39 is 0 Å². The predicted molar refractivity (Wildman–Crippen MR) is 80.5 cm³/mol. The van der Waals surface area contributed by atoms with E-state index in [1.54, 1.807) is 6.20 Å². The molecule has 0 spiro atoms. The van der Waals surface area contributed by atoms with Crippen molar-refractivity contribution in [1.29, 1.82) is 0 Å². The van der Waals surface area contributed by atoms with Crippen LogP contribution in [0.5, 0.6) is 11.6 Å². The van der Waals surface area contributed by atoms with Gasteiger partial charge in [0.25, 0.3) is 0 Å². The predicted octanol–water partition coefficient (Wildman–Crippen LogP) is 4.34. The van der Waals surface area contributed by atoms with E-state index >= 15 is 0 Å². The lowest BCUT2D eigenvalue weighted by molar-refractivity contribution is 0.456. The minimum atomic E-state index is 0.310. The highest BCUT2D eigenvalue weighted by Gasteiger charge is 2.07. The maximum atomic E-state index is 5.92. The summed E-state index contributed by atoms with van der Waals surface area (Å²) in [5.41, 5.74) is 2.04. The number of aromatic nitrogens is 3. The van der Waals surface area contributed by atoms with Gasteiger partial charge < -0.3 is 4.74 Å². The van der Waals surface area contributed by atoms with E-state index in [1.165, 1.54) is 0 Å². The Morgan fingerprint density at radius 1 is 1.35 bits per heavy atom. The Kier molecular flexibility index (Phi) is 5.01. The molecule has 0 saturated heterocycles. The van der Waals surface area contributed by atoms with Gasteiger partial charge in [-0.05, 0) is 31.9 Å². The van der Waals surface area contributed by atoms with Crippen LogP contribution in [0.1, 0.15) is 44.5 Å². The largest absolute Gasteiger partial charge is 0.436 e. The maximum absolute atomic E-state index is 5.92. The third-order valence-corrected chi connectivity index (χ3v) is 3.21. The van der Waals surface area contributed by atoms with Crippen LogP contribution in [0, 0.1) is 0 Å². The number of rotatable bonds is 6. The summed E-state index contributed by atoms with van der Waals surface area (Å²) in [7, 11) is 0. The Morgan fingerprint density at radius 2 is 2.15 bits per heavy atom. The molecule has 0 aliphatic heterocycles. The minimum Gasteiger partial charge on any atom is -0.436 e. The Labute approximate surface area is 124 Å². The van der Waals surface area contributed by atoms with Crippen molar-refractivity contribution in [3.8, 4) is 11.6 Å². The fourth-order valence-electron chi connectivity index (χ4n) is 1.91. The molecule has 0 aromatic carbocycles. The Hall–Kier alpha value is -1.55. The molecule has 20 heavy (non-hydrogen) atoms. The zero-order valence-electron chi connectivity index (χ0n) is 12.1. The number of hydrogen-bond acceptors (Lipinski definition) is 3. The van der Waals surface area contributed by atoms with Crippen molar-refractivity contribution in [2.45, 2.75) is 45.5 Å². The highest BCUT2D eigenvalue weighted by molar-refractivity contribution is 6.17. The van der Waals surface area contributed by atoms with Crippen molar-refractivity contribution in [2.75, 3.05) is 0 Å². The van der Waals surface area contributed by atoms with Crippen molar-refractivity contribution in [1.82, 2.24) is 14.8 Å². The van der Waals surface area contributed by atoms with Crippen LogP contribution < -0.4 is 4.74 Å². The van der Waals surface area contributed by atoms with Gasteiger partial charge in [-0.25, -0.2) is 4.98 Å². The smallest absolute Gasteiger partial charge is 0.219 e. The molecule has 0 atom stereocenters. The number of pyridine rings is 1. The fourth-order valence-corrected chi connectivity index (χ4v) is 2.06. The van der Waals surface area contributed by atoms with Gasteiger partial charge in [-0.2, -0.15) is 5.10 Å². The minimum absolute atomic E-state index is 0.310. The molecule has 108 valence electrons. The van der Waals surface area contributed by atoms with E-state index in [0.717, 1.165) is 24.1 Å². The molecule has 2 aromatic heterocycles. The van der Waals surface area contributed by atoms with E-state index in [9.17, 15) is 0 Å². The molecule has 4 nitrogen and oxygen atoms in total. The molecule has 2 aromatic rings. The van der Waals surface area contributed by atoms with Crippen molar-refractivity contribution in [3.05, 3.63) is 35.8 Å². The highest BCUT2D eigenvalue weighted by atomic mass is 35.5. The number of ether oxygens (including phenoxy) is 1. The van der Waals surface area contributed by atoms with Gasteiger partial charge in [-0.3, -0.25) is 4.68 Å². The van der Waals surface area contributed by atoms with Crippen molar-refractivity contribution in [2.24, 2.45) is 0 Å². The molecule has 5 heteroatoms. The van der Waals surface area contributed by atoms with E-state index in [2.05, 4.69) is 30.9 Å². The molecule has 0 aliphatic rings. The quantitative estimate of drug-likeness (QED) is 0.744. The molecule has 0 amide bonds. The van der Waals surface area contributed by atoms with Crippen LogP contribution in [0.15, 0.2) is 24.5 Å². The second-order valence-electron chi connectivity index (χ2n) is 5.04. The highest BCUT2D eigenvalue weighted by Crippen LogP contribution is 2.22. The molecule has 0 N–H and O–H groups in total. The van der Waals surface area contributed by atoms with Gasteiger partial charge in [-0.1, -0.05) is 13.3 Å². The third kappa shape index (κ3) is 3.73. The Balaban J connectivity index is 2.20. The molecule has 0 unspecified atom stereocenters.